The second-order valence-corrected chi connectivity index (χ2v) is 6.31. The molecule has 2 aromatic rings. The van der Waals surface area contributed by atoms with Crippen molar-refractivity contribution in [2.75, 3.05) is 39.9 Å². The van der Waals surface area contributed by atoms with Gasteiger partial charge in [-0.2, -0.15) is 0 Å². The second-order valence-electron chi connectivity index (χ2n) is 6.31. The van der Waals surface area contributed by atoms with E-state index in [-0.39, 0.29) is 5.91 Å². The maximum absolute atomic E-state index is 12.5. The molecule has 0 bridgehead atoms. The summed E-state index contributed by atoms with van der Waals surface area (Å²) < 4.78 is 7.18. The number of β-amino-alcohol motifs (C(OH)–C–C–N with tert-alkyl or cyclic N) is 1. The fourth-order valence-corrected chi connectivity index (χ4v) is 3.12. The van der Waals surface area contributed by atoms with Crippen LogP contribution in [-0.4, -0.2) is 81.3 Å². The molecule has 8 nitrogen and oxygen atoms in total. The SMILES string of the molecule is COCCn1cncc1CN1CCN(C(=O)c2cc[nH]c2)C[C@@H](O)C1. The Balaban J connectivity index is 1.62. The first-order chi connectivity index (χ1) is 12.2. The first-order valence-corrected chi connectivity index (χ1v) is 8.48. The lowest BCUT2D eigenvalue weighted by atomic mass is 10.2. The average molecular weight is 347 g/mol. The van der Waals surface area contributed by atoms with Gasteiger partial charge in [-0.15, -0.1) is 0 Å². The van der Waals surface area contributed by atoms with Gasteiger partial charge in [0.1, 0.15) is 0 Å². The smallest absolute Gasteiger partial charge is 0.255 e. The molecule has 1 amide bonds. The van der Waals surface area contributed by atoms with Crippen LogP contribution in [0, 0.1) is 0 Å². The van der Waals surface area contributed by atoms with E-state index in [0.29, 0.717) is 44.9 Å². The van der Waals surface area contributed by atoms with Gasteiger partial charge in [0.2, 0.25) is 0 Å². The van der Waals surface area contributed by atoms with Crippen LogP contribution in [0.4, 0.5) is 0 Å². The summed E-state index contributed by atoms with van der Waals surface area (Å²) in [5, 5.41) is 10.3. The van der Waals surface area contributed by atoms with Crippen molar-refractivity contribution in [1.82, 2.24) is 24.3 Å². The Hall–Kier alpha value is -2.16. The topological polar surface area (TPSA) is 86.6 Å². The Labute approximate surface area is 147 Å². The van der Waals surface area contributed by atoms with Crippen LogP contribution in [0.3, 0.4) is 0 Å². The minimum absolute atomic E-state index is 0.0488. The van der Waals surface area contributed by atoms with Gasteiger partial charge in [-0.3, -0.25) is 9.69 Å². The molecule has 3 heterocycles. The summed E-state index contributed by atoms with van der Waals surface area (Å²) in [5.74, 6) is -0.0488. The number of aromatic nitrogens is 3. The van der Waals surface area contributed by atoms with Crippen LogP contribution in [-0.2, 0) is 17.8 Å². The van der Waals surface area contributed by atoms with E-state index in [2.05, 4.69) is 19.4 Å². The molecule has 1 atom stereocenters. The van der Waals surface area contributed by atoms with E-state index in [9.17, 15) is 9.90 Å². The molecule has 0 saturated carbocycles. The highest BCUT2D eigenvalue weighted by atomic mass is 16.5. The number of nitrogens with zero attached hydrogens (tertiary/aromatic N) is 4. The van der Waals surface area contributed by atoms with E-state index in [0.717, 1.165) is 12.2 Å². The summed E-state index contributed by atoms with van der Waals surface area (Å²) in [6.45, 7) is 4.25. The van der Waals surface area contributed by atoms with Gasteiger partial charge in [0, 0.05) is 65.0 Å². The van der Waals surface area contributed by atoms with Crippen LogP contribution in [0.1, 0.15) is 16.1 Å². The van der Waals surface area contributed by atoms with Crippen molar-refractivity contribution in [3.8, 4) is 0 Å². The molecule has 8 heteroatoms. The number of ether oxygens (including phenoxy) is 1. The normalized spacial score (nSPS) is 19.1. The highest BCUT2D eigenvalue weighted by Gasteiger charge is 2.25. The number of H-pyrrole nitrogens is 1. The number of aliphatic hydroxyl groups is 1. The van der Waals surface area contributed by atoms with Gasteiger partial charge in [0.15, 0.2) is 0 Å². The maximum atomic E-state index is 12.5. The van der Waals surface area contributed by atoms with Gasteiger partial charge < -0.3 is 24.3 Å². The van der Waals surface area contributed by atoms with Crippen molar-refractivity contribution in [3.63, 3.8) is 0 Å². The molecule has 0 aliphatic carbocycles. The summed E-state index contributed by atoms with van der Waals surface area (Å²) in [6.07, 6.45) is 6.49. The number of methoxy groups -OCH3 is 1. The molecule has 25 heavy (non-hydrogen) atoms. The van der Waals surface area contributed by atoms with Gasteiger partial charge in [0.25, 0.3) is 5.91 Å². The zero-order valence-corrected chi connectivity index (χ0v) is 14.5. The van der Waals surface area contributed by atoms with Crippen LogP contribution in [0.25, 0.3) is 0 Å². The quantitative estimate of drug-likeness (QED) is 0.778. The van der Waals surface area contributed by atoms with Gasteiger partial charge >= 0.3 is 0 Å². The van der Waals surface area contributed by atoms with Crippen molar-refractivity contribution >= 4 is 5.91 Å². The van der Waals surface area contributed by atoms with Crippen LogP contribution >= 0.6 is 0 Å². The minimum atomic E-state index is -0.569. The fraction of sp³-hybridized carbons (Fsp3) is 0.529. The highest BCUT2D eigenvalue weighted by Crippen LogP contribution is 2.12. The van der Waals surface area contributed by atoms with Crippen molar-refractivity contribution in [2.45, 2.75) is 19.2 Å². The van der Waals surface area contributed by atoms with Crippen molar-refractivity contribution in [2.24, 2.45) is 0 Å². The Morgan fingerprint density at radius 3 is 3.08 bits per heavy atom. The van der Waals surface area contributed by atoms with E-state index < -0.39 is 6.10 Å². The lowest BCUT2D eigenvalue weighted by molar-refractivity contribution is 0.0663. The number of amides is 1. The molecule has 1 aliphatic heterocycles. The number of imidazole rings is 1. The summed E-state index contributed by atoms with van der Waals surface area (Å²) in [6, 6.07) is 1.76. The number of rotatable bonds is 6. The molecule has 0 unspecified atom stereocenters. The zero-order valence-electron chi connectivity index (χ0n) is 14.5. The number of hydrogen-bond acceptors (Lipinski definition) is 5. The first kappa shape index (κ1) is 17.7. The molecule has 2 N–H and O–H groups in total. The molecule has 0 spiro atoms. The van der Waals surface area contributed by atoms with E-state index in [1.165, 1.54) is 0 Å². The standard InChI is InChI=1S/C17H25N5O3/c1-25-7-6-22-13-19-9-15(22)10-20-4-5-21(12-16(23)11-20)17(24)14-2-3-18-8-14/h2-3,8-9,13,16,18,23H,4-7,10-12H2,1H3/t16-/m0/s1. The predicted octanol–water partition coefficient (Wildman–Crippen LogP) is 0.177. The Morgan fingerprint density at radius 2 is 2.32 bits per heavy atom. The first-order valence-electron chi connectivity index (χ1n) is 8.48. The molecule has 1 fully saturated rings. The van der Waals surface area contributed by atoms with E-state index in [1.54, 1.807) is 36.8 Å². The third-order valence-corrected chi connectivity index (χ3v) is 4.44. The van der Waals surface area contributed by atoms with Gasteiger partial charge in [-0.05, 0) is 6.07 Å². The summed E-state index contributed by atoms with van der Waals surface area (Å²) >= 11 is 0. The summed E-state index contributed by atoms with van der Waals surface area (Å²) in [4.78, 5) is 23.5. The molecule has 2 aromatic heterocycles. The molecule has 0 radical (unpaired) electrons. The predicted molar refractivity (Wildman–Crippen MR) is 92.1 cm³/mol. The number of carbonyl (C=O) groups is 1. The van der Waals surface area contributed by atoms with Crippen molar-refractivity contribution in [3.05, 3.63) is 42.2 Å². The monoisotopic (exact) mass is 347 g/mol. The Morgan fingerprint density at radius 1 is 1.44 bits per heavy atom. The zero-order chi connectivity index (χ0) is 17.6. The fourth-order valence-electron chi connectivity index (χ4n) is 3.12. The van der Waals surface area contributed by atoms with Crippen molar-refractivity contribution in [1.29, 1.82) is 0 Å². The van der Waals surface area contributed by atoms with Gasteiger partial charge in [-0.25, -0.2) is 4.98 Å². The van der Waals surface area contributed by atoms with E-state index in [4.69, 9.17) is 4.74 Å². The van der Waals surface area contributed by atoms with E-state index in [1.807, 2.05) is 6.20 Å². The summed E-state index contributed by atoms with van der Waals surface area (Å²) in [5.41, 5.74) is 1.70. The molecule has 1 aliphatic rings. The Bertz CT molecular complexity index is 670. The number of carbonyl (C=O) groups excluding carboxylic acids is 1. The summed E-state index contributed by atoms with van der Waals surface area (Å²) in [7, 11) is 1.68. The largest absolute Gasteiger partial charge is 0.390 e. The molecular weight excluding hydrogens is 322 g/mol. The molecule has 0 aromatic carbocycles. The number of hydrogen-bond donors (Lipinski definition) is 2. The number of aliphatic hydroxyl groups excluding tert-OH is 1. The molecular formula is C17H25N5O3. The highest BCUT2D eigenvalue weighted by molar-refractivity contribution is 5.94. The second kappa shape index (κ2) is 8.28. The van der Waals surface area contributed by atoms with Gasteiger partial charge in [0.05, 0.1) is 30.3 Å². The molecule has 136 valence electrons. The molecule has 3 rings (SSSR count). The van der Waals surface area contributed by atoms with Crippen molar-refractivity contribution < 1.29 is 14.6 Å². The number of aromatic amines is 1. The van der Waals surface area contributed by atoms with E-state index >= 15 is 0 Å². The Kier molecular flexibility index (Phi) is 5.85. The third kappa shape index (κ3) is 4.47. The van der Waals surface area contributed by atoms with Crippen LogP contribution in [0.2, 0.25) is 0 Å². The average Bonchev–Trinajstić information content (AvgIpc) is 3.24. The van der Waals surface area contributed by atoms with Gasteiger partial charge in [-0.1, -0.05) is 0 Å². The third-order valence-electron chi connectivity index (χ3n) is 4.44. The minimum Gasteiger partial charge on any atom is -0.390 e. The van der Waals surface area contributed by atoms with Crippen LogP contribution in [0.15, 0.2) is 31.0 Å². The molecule has 1 saturated heterocycles. The maximum Gasteiger partial charge on any atom is 0.255 e. The lowest BCUT2D eigenvalue weighted by Gasteiger charge is -2.22. The van der Waals surface area contributed by atoms with Crippen LogP contribution < -0.4 is 0 Å². The number of nitrogens with one attached hydrogen (secondary N) is 1. The lowest BCUT2D eigenvalue weighted by Crippen LogP contribution is -2.37. The van der Waals surface area contributed by atoms with Crippen LogP contribution in [0.5, 0.6) is 0 Å².